The van der Waals surface area contributed by atoms with E-state index in [1.54, 1.807) is 12.3 Å². The summed E-state index contributed by atoms with van der Waals surface area (Å²) < 4.78 is 0.972. The number of hydrogen-bond donors (Lipinski definition) is 2. The molecule has 2 aromatic carbocycles. The number of piperazine rings is 1. The van der Waals surface area contributed by atoms with E-state index in [4.69, 9.17) is 0 Å². The van der Waals surface area contributed by atoms with Gasteiger partial charge < -0.3 is 10.2 Å². The maximum absolute atomic E-state index is 12.4. The second-order valence-electron chi connectivity index (χ2n) is 8.01. The number of halogens is 1. The second kappa shape index (κ2) is 8.39. The SMILES string of the molecule is C[C@@H]1CN(c2ccc(NC=C3C(=O)NC(=O)c4ccc(I)cc43)cc2)[C@@H](C)CN1C. The van der Waals surface area contributed by atoms with Crippen LogP contribution in [0.4, 0.5) is 11.4 Å². The molecule has 1 fully saturated rings. The Bertz CT molecular complexity index is 1020. The molecule has 0 unspecified atom stereocenters. The molecule has 2 atom stereocenters. The summed E-state index contributed by atoms with van der Waals surface area (Å²) in [4.78, 5) is 29.3. The van der Waals surface area contributed by atoms with Crippen molar-refractivity contribution in [2.24, 2.45) is 0 Å². The van der Waals surface area contributed by atoms with Gasteiger partial charge in [-0.15, -0.1) is 0 Å². The van der Waals surface area contributed by atoms with Crippen molar-refractivity contribution < 1.29 is 9.59 Å². The summed E-state index contributed by atoms with van der Waals surface area (Å²) >= 11 is 2.18. The van der Waals surface area contributed by atoms with E-state index in [1.807, 2.05) is 24.3 Å². The minimum atomic E-state index is -0.390. The van der Waals surface area contributed by atoms with E-state index in [2.05, 4.69) is 76.1 Å². The predicted molar refractivity (Wildman–Crippen MR) is 129 cm³/mol. The molecule has 0 aliphatic carbocycles. The van der Waals surface area contributed by atoms with Gasteiger partial charge in [0, 0.05) is 57.4 Å². The Morgan fingerprint density at radius 1 is 1.00 bits per heavy atom. The van der Waals surface area contributed by atoms with Crippen molar-refractivity contribution in [1.29, 1.82) is 0 Å². The lowest BCUT2D eigenvalue weighted by Gasteiger charge is -2.43. The van der Waals surface area contributed by atoms with E-state index in [1.165, 1.54) is 5.69 Å². The Morgan fingerprint density at radius 2 is 1.73 bits per heavy atom. The van der Waals surface area contributed by atoms with Gasteiger partial charge in [-0.3, -0.25) is 19.8 Å². The van der Waals surface area contributed by atoms with E-state index in [0.717, 1.165) is 22.3 Å². The zero-order valence-electron chi connectivity index (χ0n) is 17.3. The normalized spacial score (nSPS) is 23.3. The van der Waals surface area contributed by atoms with Gasteiger partial charge >= 0.3 is 0 Å². The van der Waals surface area contributed by atoms with Crippen LogP contribution in [0.1, 0.15) is 29.8 Å². The first-order valence-corrected chi connectivity index (χ1v) is 11.1. The number of carbonyl (C=O) groups is 2. The van der Waals surface area contributed by atoms with E-state index < -0.39 is 0 Å². The van der Waals surface area contributed by atoms with Crippen LogP contribution in [0.2, 0.25) is 0 Å². The Kier molecular flexibility index (Phi) is 5.84. The van der Waals surface area contributed by atoms with Crippen LogP contribution in [-0.2, 0) is 4.79 Å². The quantitative estimate of drug-likeness (QED) is 0.372. The van der Waals surface area contributed by atoms with Crippen molar-refractivity contribution in [3.05, 3.63) is 63.4 Å². The smallest absolute Gasteiger partial charge is 0.260 e. The third kappa shape index (κ3) is 4.09. The van der Waals surface area contributed by atoms with Crippen LogP contribution in [-0.4, -0.2) is 48.9 Å². The number of nitrogens with zero attached hydrogens (tertiary/aromatic N) is 2. The molecule has 0 saturated carbocycles. The minimum Gasteiger partial charge on any atom is -0.366 e. The van der Waals surface area contributed by atoms with Gasteiger partial charge in [0.05, 0.1) is 5.57 Å². The summed E-state index contributed by atoms with van der Waals surface area (Å²) in [7, 11) is 2.17. The Balaban J connectivity index is 1.54. The summed E-state index contributed by atoms with van der Waals surface area (Å²) in [5, 5.41) is 5.62. The summed E-state index contributed by atoms with van der Waals surface area (Å²) in [6.07, 6.45) is 1.67. The van der Waals surface area contributed by atoms with Gasteiger partial charge in [-0.1, -0.05) is 0 Å². The van der Waals surface area contributed by atoms with Crippen molar-refractivity contribution in [3.63, 3.8) is 0 Å². The number of nitrogens with one attached hydrogen (secondary N) is 2. The lowest BCUT2D eigenvalue weighted by atomic mass is 9.95. The fraction of sp³-hybridized carbons (Fsp3) is 0.304. The average Bonchev–Trinajstić information content (AvgIpc) is 2.71. The number of benzene rings is 2. The lowest BCUT2D eigenvalue weighted by Crippen LogP contribution is -2.55. The molecule has 2 aromatic rings. The molecule has 2 N–H and O–H groups in total. The van der Waals surface area contributed by atoms with E-state index in [9.17, 15) is 9.59 Å². The highest BCUT2D eigenvalue weighted by Crippen LogP contribution is 2.27. The monoisotopic (exact) mass is 516 g/mol. The maximum Gasteiger partial charge on any atom is 0.260 e. The van der Waals surface area contributed by atoms with Crippen LogP contribution in [0.15, 0.2) is 48.7 Å². The molecule has 156 valence electrons. The second-order valence-corrected chi connectivity index (χ2v) is 9.26. The largest absolute Gasteiger partial charge is 0.366 e. The fourth-order valence-corrected chi connectivity index (χ4v) is 4.50. The topological polar surface area (TPSA) is 64.7 Å². The molecule has 0 spiro atoms. The Morgan fingerprint density at radius 3 is 2.47 bits per heavy atom. The Labute approximate surface area is 190 Å². The van der Waals surface area contributed by atoms with E-state index >= 15 is 0 Å². The van der Waals surface area contributed by atoms with Crippen LogP contribution in [0.3, 0.4) is 0 Å². The number of rotatable bonds is 3. The molecular weight excluding hydrogens is 491 g/mol. The summed E-state index contributed by atoms with van der Waals surface area (Å²) in [6.45, 7) is 6.54. The van der Waals surface area contributed by atoms with Gasteiger partial charge in [-0.2, -0.15) is 0 Å². The van der Waals surface area contributed by atoms with Gasteiger partial charge in [0.25, 0.3) is 11.8 Å². The van der Waals surface area contributed by atoms with Gasteiger partial charge in [-0.25, -0.2) is 0 Å². The minimum absolute atomic E-state index is 0.358. The molecule has 2 aliphatic heterocycles. The molecule has 2 heterocycles. The molecule has 0 aromatic heterocycles. The highest BCUT2D eigenvalue weighted by Gasteiger charge is 2.28. The number of hydrogen-bond acceptors (Lipinski definition) is 5. The summed E-state index contributed by atoms with van der Waals surface area (Å²) in [6, 6.07) is 14.7. The number of anilines is 2. The summed E-state index contributed by atoms with van der Waals surface area (Å²) in [5.74, 6) is -0.748. The van der Waals surface area contributed by atoms with Gasteiger partial charge in [0.15, 0.2) is 0 Å². The van der Waals surface area contributed by atoms with Crippen molar-refractivity contribution in [2.75, 3.05) is 30.4 Å². The zero-order valence-corrected chi connectivity index (χ0v) is 19.4. The van der Waals surface area contributed by atoms with Crippen molar-refractivity contribution in [3.8, 4) is 0 Å². The van der Waals surface area contributed by atoms with Gasteiger partial charge in [0.1, 0.15) is 0 Å². The molecule has 2 aliphatic rings. The zero-order chi connectivity index (χ0) is 21.4. The number of imide groups is 1. The fourth-order valence-electron chi connectivity index (χ4n) is 4.00. The number of likely N-dealkylation sites (N-methyl/N-ethyl adjacent to an activating group) is 1. The molecule has 2 amide bonds. The number of fused-ring (bicyclic) bond motifs is 1. The first-order chi connectivity index (χ1) is 14.3. The van der Waals surface area contributed by atoms with Crippen molar-refractivity contribution in [2.45, 2.75) is 25.9 Å². The highest BCUT2D eigenvalue weighted by molar-refractivity contribution is 14.1. The first-order valence-electron chi connectivity index (χ1n) is 10.0. The molecule has 4 rings (SSSR count). The predicted octanol–water partition coefficient (Wildman–Crippen LogP) is 3.54. The Hall–Kier alpha value is -2.39. The maximum atomic E-state index is 12.4. The van der Waals surface area contributed by atoms with E-state index in [-0.39, 0.29) is 11.8 Å². The standard InChI is InChI=1S/C23H25IN4O2/c1-14-13-28(15(2)12-27(14)3)18-7-5-17(6-8-18)25-11-21-20-10-16(24)4-9-19(20)22(29)26-23(21)30/h4-11,14-15,25H,12-13H2,1-3H3,(H,26,29,30)/t14-,15+/m1/s1. The molecule has 1 saturated heterocycles. The molecule has 6 nitrogen and oxygen atoms in total. The highest BCUT2D eigenvalue weighted by atomic mass is 127. The molecule has 0 radical (unpaired) electrons. The number of amides is 2. The van der Waals surface area contributed by atoms with Crippen LogP contribution >= 0.6 is 22.6 Å². The first kappa shape index (κ1) is 20.9. The average molecular weight is 516 g/mol. The van der Waals surface area contributed by atoms with Crippen LogP contribution in [0, 0.1) is 3.57 Å². The molecule has 7 heteroatoms. The van der Waals surface area contributed by atoms with Gasteiger partial charge in [0.2, 0.25) is 0 Å². The van der Waals surface area contributed by atoms with Crippen LogP contribution in [0.5, 0.6) is 0 Å². The molecule has 30 heavy (non-hydrogen) atoms. The van der Waals surface area contributed by atoms with Gasteiger partial charge in [-0.05, 0) is 86.0 Å². The summed E-state index contributed by atoms with van der Waals surface area (Å²) in [5.41, 5.74) is 3.70. The van der Waals surface area contributed by atoms with E-state index in [0.29, 0.717) is 28.8 Å². The molecular formula is C23H25IN4O2. The third-order valence-corrected chi connectivity index (χ3v) is 6.54. The molecule has 0 bridgehead atoms. The van der Waals surface area contributed by atoms with Crippen molar-refractivity contribution in [1.82, 2.24) is 10.2 Å². The van der Waals surface area contributed by atoms with Crippen molar-refractivity contribution >= 4 is 51.4 Å². The van der Waals surface area contributed by atoms with Crippen LogP contribution < -0.4 is 15.5 Å². The lowest BCUT2D eigenvalue weighted by molar-refractivity contribution is -0.114. The van der Waals surface area contributed by atoms with Crippen LogP contribution in [0.25, 0.3) is 5.57 Å². The third-order valence-electron chi connectivity index (χ3n) is 5.87. The number of carbonyl (C=O) groups excluding carboxylic acids is 2.